The molecule has 0 spiro atoms. The van der Waals surface area contributed by atoms with Crippen LogP contribution in [0.4, 0.5) is 5.82 Å². The van der Waals surface area contributed by atoms with Crippen LogP contribution in [0.1, 0.15) is 37.7 Å². The molecule has 0 amide bonds. The topological polar surface area (TPSA) is 77.2 Å². The third-order valence-corrected chi connectivity index (χ3v) is 3.95. The van der Waals surface area contributed by atoms with Crippen LogP contribution >= 0.6 is 11.6 Å². The Bertz CT molecular complexity index is 542. The second kappa shape index (κ2) is 6.58. The minimum absolute atomic E-state index is 0.124. The second-order valence-corrected chi connectivity index (χ2v) is 5.26. The maximum absolute atomic E-state index is 10.7. The zero-order valence-corrected chi connectivity index (χ0v) is 11.8. The van der Waals surface area contributed by atoms with E-state index in [0.717, 1.165) is 25.8 Å². The van der Waals surface area contributed by atoms with Crippen LogP contribution in [0, 0.1) is 11.3 Å². The summed E-state index contributed by atoms with van der Waals surface area (Å²) in [6, 6.07) is 3.76. The first-order chi connectivity index (χ1) is 9.63. The van der Waals surface area contributed by atoms with E-state index in [9.17, 15) is 4.79 Å². The minimum atomic E-state index is -0.791. The third kappa shape index (κ3) is 3.20. The smallest absolute Gasteiger partial charge is 0.303 e. The summed E-state index contributed by atoms with van der Waals surface area (Å²) in [6.07, 6.45) is 5.32. The van der Waals surface area contributed by atoms with Crippen molar-refractivity contribution < 1.29 is 9.90 Å². The standard InChI is InChI=1S/C14H16ClN3O2/c15-13-10(9-16)6-7-17-14(13)18-8-2-1-3-11(18)4-5-12(19)20/h6-7,11H,1-5,8H2,(H,19,20). The van der Waals surface area contributed by atoms with E-state index in [1.165, 1.54) is 0 Å². The Hall–Kier alpha value is -1.80. The summed E-state index contributed by atoms with van der Waals surface area (Å²) in [6.45, 7) is 0.798. The molecule has 0 bridgehead atoms. The highest BCUT2D eigenvalue weighted by molar-refractivity contribution is 6.34. The largest absolute Gasteiger partial charge is 0.481 e. The Morgan fingerprint density at radius 1 is 1.60 bits per heavy atom. The maximum Gasteiger partial charge on any atom is 0.303 e. The van der Waals surface area contributed by atoms with E-state index in [4.69, 9.17) is 22.0 Å². The molecule has 2 rings (SSSR count). The Balaban J connectivity index is 2.24. The molecule has 1 fully saturated rings. The monoisotopic (exact) mass is 293 g/mol. The van der Waals surface area contributed by atoms with Crippen LogP contribution in [0.2, 0.25) is 5.02 Å². The van der Waals surface area contributed by atoms with E-state index in [0.29, 0.717) is 22.8 Å². The lowest BCUT2D eigenvalue weighted by Gasteiger charge is -2.37. The Morgan fingerprint density at radius 2 is 2.40 bits per heavy atom. The Kier molecular flexibility index (Phi) is 4.80. The van der Waals surface area contributed by atoms with Gasteiger partial charge in [-0.2, -0.15) is 5.26 Å². The molecule has 1 saturated heterocycles. The summed E-state index contributed by atoms with van der Waals surface area (Å²) in [5.74, 6) is -0.193. The average molecular weight is 294 g/mol. The van der Waals surface area contributed by atoms with Crippen molar-refractivity contribution in [2.24, 2.45) is 0 Å². The predicted molar refractivity (Wildman–Crippen MR) is 75.8 cm³/mol. The van der Waals surface area contributed by atoms with Crippen LogP contribution in [-0.4, -0.2) is 28.6 Å². The van der Waals surface area contributed by atoms with Crippen molar-refractivity contribution in [2.75, 3.05) is 11.4 Å². The quantitative estimate of drug-likeness (QED) is 0.923. The average Bonchev–Trinajstić information content (AvgIpc) is 2.46. The number of anilines is 1. The first kappa shape index (κ1) is 14.6. The molecule has 0 saturated carbocycles. The molecule has 1 aromatic heterocycles. The van der Waals surface area contributed by atoms with Crippen LogP contribution in [0.25, 0.3) is 0 Å². The van der Waals surface area contributed by atoms with Gasteiger partial charge in [0.15, 0.2) is 0 Å². The molecular formula is C14H16ClN3O2. The molecule has 1 atom stereocenters. The lowest BCUT2D eigenvalue weighted by atomic mass is 9.98. The number of hydrogen-bond acceptors (Lipinski definition) is 4. The van der Waals surface area contributed by atoms with Gasteiger partial charge < -0.3 is 10.0 Å². The number of carboxylic acid groups (broad SMARTS) is 1. The number of halogens is 1. The number of carboxylic acids is 1. The van der Waals surface area contributed by atoms with E-state index in [1.807, 2.05) is 6.07 Å². The van der Waals surface area contributed by atoms with Gasteiger partial charge in [0.2, 0.25) is 0 Å². The number of piperidine rings is 1. The van der Waals surface area contributed by atoms with Gasteiger partial charge in [-0.05, 0) is 31.7 Å². The van der Waals surface area contributed by atoms with Crippen molar-refractivity contribution in [3.8, 4) is 6.07 Å². The molecule has 5 nitrogen and oxygen atoms in total. The van der Waals surface area contributed by atoms with Crippen LogP contribution in [0.5, 0.6) is 0 Å². The van der Waals surface area contributed by atoms with Crippen molar-refractivity contribution >= 4 is 23.4 Å². The van der Waals surface area contributed by atoms with Crippen molar-refractivity contribution in [3.63, 3.8) is 0 Å². The summed E-state index contributed by atoms with van der Waals surface area (Å²) in [4.78, 5) is 17.1. The summed E-state index contributed by atoms with van der Waals surface area (Å²) in [5, 5.41) is 18.2. The Labute approximate surface area is 122 Å². The molecular weight excluding hydrogens is 278 g/mol. The van der Waals surface area contributed by atoms with E-state index in [-0.39, 0.29) is 12.5 Å². The predicted octanol–water partition coefficient (Wildman–Crippen LogP) is 2.83. The maximum atomic E-state index is 10.7. The number of rotatable bonds is 4. The molecule has 106 valence electrons. The van der Waals surface area contributed by atoms with Crippen molar-refractivity contribution in [3.05, 3.63) is 22.8 Å². The highest BCUT2D eigenvalue weighted by Gasteiger charge is 2.26. The zero-order valence-electron chi connectivity index (χ0n) is 11.0. The highest BCUT2D eigenvalue weighted by atomic mass is 35.5. The zero-order chi connectivity index (χ0) is 14.5. The Morgan fingerprint density at radius 3 is 3.10 bits per heavy atom. The van der Waals surface area contributed by atoms with Gasteiger partial charge in [-0.3, -0.25) is 4.79 Å². The number of aromatic nitrogens is 1. The van der Waals surface area contributed by atoms with Crippen LogP contribution < -0.4 is 4.90 Å². The van der Waals surface area contributed by atoms with E-state index in [1.54, 1.807) is 12.3 Å². The number of nitriles is 1. The summed E-state index contributed by atoms with van der Waals surface area (Å²) in [5.41, 5.74) is 0.402. The summed E-state index contributed by atoms with van der Waals surface area (Å²) < 4.78 is 0. The molecule has 0 radical (unpaired) electrons. The fourth-order valence-corrected chi connectivity index (χ4v) is 2.85. The number of pyridine rings is 1. The van der Waals surface area contributed by atoms with Crippen molar-refractivity contribution in [1.29, 1.82) is 5.26 Å². The normalized spacial score (nSPS) is 18.6. The van der Waals surface area contributed by atoms with Gasteiger partial charge in [0, 0.05) is 25.2 Å². The van der Waals surface area contributed by atoms with Gasteiger partial charge in [-0.25, -0.2) is 4.98 Å². The molecule has 0 aromatic carbocycles. The van der Waals surface area contributed by atoms with Gasteiger partial charge in [0.1, 0.15) is 16.9 Å². The fourth-order valence-electron chi connectivity index (χ4n) is 2.59. The third-order valence-electron chi connectivity index (χ3n) is 3.58. The molecule has 1 aromatic rings. The van der Waals surface area contributed by atoms with E-state index in [2.05, 4.69) is 9.88 Å². The summed E-state index contributed by atoms with van der Waals surface area (Å²) in [7, 11) is 0. The lowest BCUT2D eigenvalue weighted by Crippen LogP contribution is -2.40. The number of nitrogens with zero attached hydrogens (tertiary/aromatic N) is 3. The van der Waals surface area contributed by atoms with E-state index < -0.39 is 5.97 Å². The minimum Gasteiger partial charge on any atom is -0.481 e. The molecule has 1 N–H and O–H groups in total. The van der Waals surface area contributed by atoms with Gasteiger partial charge in [0.25, 0.3) is 0 Å². The first-order valence-corrected chi connectivity index (χ1v) is 7.04. The van der Waals surface area contributed by atoms with Crippen LogP contribution in [0.3, 0.4) is 0 Å². The molecule has 1 unspecified atom stereocenters. The van der Waals surface area contributed by atoms with Crippen LogP contribution in [0.15, 0.2) is 12.3 Å². The SMILES string of the molecule is N#Cc1ccnc(N2CCCCC2CCC(=O)O)c1Cl. The number of hydrogen-bond donors (Lipinski definition) is 1. The van der Waals surface area contributed by atoms with Crippen LogP contribution in [-0.2, 0) is 4.79 Å². The summed E-state index contributed by atoms with van der Waals surface area (Å²) >= 11 is 6.23. The van der Waals surface area contributed by atoms with Crippen molar-refractivity contribution in [2.45, 2.75) is 38.1 Å². The highest BCUT2D eigenvalue weighted by Crippen LogP contribution is 2.32. The molecule has 0 aliphatic carbocycles. The van der Waals surface area contributed by atoms with E-state index >= 15 is 0 Å². The lowest BCUT2D eigenvalue weighted by molar-refractivity contribution is -0.137. The van der Waals surface area contributed by atoms with Gasteiger partial charge in [-0.1, -0.05) is 11.6 Å². The molecule has 1 aliphatic rings. The first-order valence-electron chi connectivity index (χ1n) is 6.66. The van der Waals surface area contributed by atoms with Crippen molar-refractivity contribution in [1.82, 2.24) is 4.98 Å². The molecule has 1 aliphatic heterocycles. The van der Waals surface area contributed by atoms with Gasteiger partial charge >= 0.3 is 5.97 Å². The number of carbonyl (C=O) groups is 1. The van der Waals surface area contributed by atoms with Gasteiger partial charge in [0.05, 0.1) is 5.56 Å². The van der Waals surface area contributed by atoms with Gasteiger partial charge in [-0.15, -0.1) is 0 Å². The molecule has 6 heteroatoms. The fraction of sp³-hybridized carbons (Fsp3) is 0.500. The molecule has 20 heavy (non-hydrogen) atoms. The molecule has 2 heterocycles. The number of aliphatic carboxylic acids is 1. The second-order valence-electron chi connectivity index (χ2n) is 4.88.